The molecule has 0 bridgehead atoms. The summed E-state index contributed by atoms with van der Waals surface area (Å²) in [5.74, 6) is 1.58. The first-order chi connectivity index (χ1) is 10.7. The molecule has 0 aromatic heterocycles. The highest BCUT2D eigenvalue weighted by Gasteiger charge is 2.17. The quantitative estimate of drug-likeness (QED) is 0.386. The molecule has 1 rings (SSSR count). The largest absolute Gasteiger partial charge is 0.356 e. The third-order valence-electron chi connectivity index (χ3n) is 4.40. The molecule has 1 fully saturated rings. The number of aliphatic imine (C=N–C) groups is 1. The lowest BCUT2D eigenvalue weighted by molar-refractivity contribution is 0.124. The number of unbranched alkanes of at least 4 members (excludes halogenated alkanes) is 2. The Bertz CT molecular complexity index is 297. The molecule has 0 aliphatic carbocycles. The van der Waals surface area contributed by atoms with E-state index in [9.17, 15) is 0 Å². The van der Waals surface area contributed by atoms with Crippen LogP contribution in [0.2, 0.25) is 0 Å². The molecule has 1 unspecified atom stereocenters. The molecule has 1 heterocycles. The third-order valence-corrected chi connectivity index (χ3v) is 4.40. The van der Waals surface area contributed by atoms with E-state index in [1.807, 2.05) is 7.05 Å². The second-order valence-electron chi connectivity index (χ2n) is 6.43. The maximum atomic E-state index is 4.30. The molecule has 0 saturated carbocycles. The Morgan fingerprint density at radius 3 is 2.32 bits per heavy atom. The number of likely N-dealkylation sites (N-methyl/N-ethyl adjacent to an activating group) is 1. The second-order valence-corrected chi connectivity index (χ2v) is 6.43. The van der Waals surface area contributed by atoms with Gasteiger partial charge < -0.3 is 20.4 Å². The summed E-state index contributed by atoms with van der Waals surface area (Å²) in [6.07, 6.45) is 3.76. The molecule has 1 saturated heterocycles. The van der Waals surface area contributed by atoms with Crippen molar-refractivity contribution >= 4 is 5.96 Å². The average Bonchev–Trinajstić information content (AvgIpc) is 2.55. The molecule has 5 nitrogen and oxygen atoms in total. The van der Waals surface area contributed by atoms with Crippen LogP contribution in [0.3, 0.4) is 0 Å². The fraction of sp³-hybridized carbons (Fsp3) is 0.941. The molecular formula is C17H37N5. The summed E-state index contributed by atoms with van der Waals surface area (Å²) in [4.78, 5) is 9.42. The predicted octanol–water partition coefficient (Wildman–Crippen LogP) is 1.62. The summed E-state index contributed by atoms with van der Waals surface area (Å²) in [5.41, 5.74) is 0. The predicted molar refractivity (Wildman–Crippen MR) is 96.6 cm³/mol. The summed E-state index contributed by atoms with van der Waals surface area (Å²) < 4.78 is 0. The number of nitrogens with one attached hydrogen (secondary N) is 2. The van der Waals surface area contributed by atoms with Gasteiger partial charge in [-0.1, -0.05) is 33.6 Å². The van der Waals surface area contributed by atoms with E-state index in [0.717, 1.165) is 19.0 Å². The van der Waals surface area contributed by atoms with Crippen LogP contribution >= 0.6 is 0 Å². The number of nitrogens with zero attached hydrogens (tertiary/aromatic N) is 3. The van der Waals surface area contributed by atoms with Crippen molar-refractivity contribution in [3.05, 3.63) is 0 Å². The first kappa shape index (κ1) is 19.2. The zero-order chi connectivity index (χ0) is 16.2. The van der Waals surface area contributed by atoms with E-state index in [0.29, 0.717) is 5.92 Å². The van der Waals surface area contributed by atoms with Crippen LogP contribution in [0.4, 0.5) is 0 Å². The van der Waals surface area contributed by atoms with Crippen LogP contribution < -0.4 is 10.6 Å². The summed E-state index contributed by atoms with van der Waals surface area (Å²) in [6.45, 7) is 16.0. The van der Waals surface area contributed by atoms with Gasteiger partial charge in [0.05, 0.1) is 0 Å². The van der Waals surface area contributed by atoms with E-state index in [-0.39, 0.29) is 0 Å². The molecule has 130 valence electrons. The molecule has 0 spiro atoms. The van der Waals surface area contributed by atoms with E-state index in [1.54, 1.807) is 0 Å². The number of guanidine groups is 1. The third kappa shape index (κ3) is 7.99. The van der Waals surface area contributed by atoms with E-state index in [1.165, 1.54) is 58.5 Å². The van der Waals surface area contributed by atoms with Crippen LogP contribution in [0.15, 0.2) is 4.99 Å². The SMILES string of the molecule is CCCCCNC(=NC)NCC(C)CN1CCN(CC)CC1. The monoisotopic (exact) mass is 311 g/mol. The van der Waals surface area contributed by atoms with Crippen molar-refractivity contribution in [3.63, 3.8) is 0 Å². The average molecular weight is 312 g/mol. The molecule has 22 heavy (non-hydrogen) atoms. The highest BCUT2D eigenvalue weighted by atomic mass is 15.3. The highest BCUT2D eigenvalue weighted by Crippen LogP contribution is 2.05. The number of rotatable bonds is 9. The second kappa shape index (κ2) is 11.7. The minimum Gasteiger partial charge on any atom is -0.356 e. The fourth-order valence-electron chi connectivity index (χ4n) is 2.87. The molecule has 0 aromatic carbocycles. The Kier molecular flexibility index (Phi) is 10.2. The topological polar surface area (TPSA) is 42.9 Å². The van der Waals surface area contributed by atoms with Gasteiger partial charge in [0.2, 0.25) is 0 Å². The van der Waals surface area contributed by atoms with Crippen molar-refractivity contribution in [2.75, 3.05) is 59.4 Å². The molecule has 2 N–H and O–H groups in total. The summed E-state index contributed by atoms with van der Waals surface area (Å²) in [5, 5.41) is 6.85. The minimum absolute atomic E-state index is 0.641. The molecular weight excluding hydrogens is 274 g/mol. The zero-order valence-electron chi connectivity index (χ0n) is 15.2. The molecule has 0 amide bonds. The zero-order valence-corrected chi connectivity index (χ0v) is 15.2. The molecule has 0 aromatic rings. The van der Waals surface area contributed by atoms with Gasteiger partial charge in [0, 0.05) is 52.9 Å². The summed E-state index contributed by atoms with van der Waals surface area (Å²) in [6, 6.07) is 0. The molecule has 1 atom stereocenters. The van der Waals surface area contributed by atoms with Gasteiger partial charge in [0.25, 0.3) is 0 Å². The van der Waals surface area contributed by atoms with E-state index in [4.69, 9.17) is 0 Å². The Balaban J connectivity index is 2.14. The number of hydrogen-bond acceptors (Lipinski definition) is 3. The van der Waals surface area contributed by atoms with Gasteiger partial charge in [-0.15, -0.1) is 0 Å². The van der Waals surface area contributed by atoms with Crippen molar-refractivity contribution < 1.29 is 0 Å². The normalized spacial score (nSPS) is 19.2. The van der Waals surface area contributed by atoms with Gasteiger partial charge in [-0.25, -0.2) is 0 Å². The van der Waals surface area contributed by atoms with Crippen LogP contribution in [-0.2, 0) is 0 Å². The van der Waals surface area contributed by atoms with Gasteiger partial charge >= 0.3 is 0 Å². The first-order valence-electron chi connectivity index (χ1n) is 9.08. The Hall–Kier alpha value is -0.810. The molecule has 0 radical (unpaired) electrons. The Morgan fingerprint density at radius 2 is 1.73 bits per heavy atom. The number of piperazine rings is 1. The lowest BCUT2D eigenvalue weighted by atomic mass is 10.1. The van der Waals surface area contributed by atoms with Crippen molar-refractivity contribution in [2.24, 2.45) is 10.9 Å². The van der Waals surface area contributed by atoms with Gasteiger partial charge in [-0.05, 0) is 18.9 Å². The smallest absolute Gasteiger partial charge is 0.190 e. The molecule has 5 heteroatoms. The van der Waals surface area contributed by atoms with Crippen molar-refractivity contribution in [1.29, 1.82) is 0 Å². The van der Waals surface area contributed by atoms with E-state index in [2.05, 4.69) is 46.2 Å². The summed E-state index contributed by atoms with van der Waals surface area (Å²) in [7, 11) is 1.85. The Morgan fingerprint density at radius 1 is 1.05 bits per heavy atom. The van der Waals surface area contributed by atoms with Gasteiger partial charge in [0.1, 0.15) is 0 Å². The fourth-order valence-corrected chi connectivity index (χ4v) is 2.87. The minimum atomic E-state index is 0.641. The van der Waals surface area contributed by atoms with Crippen LogP contribution in [0.1, 0.15) is 40.0 Å². The lowest BCUT2D eigenvalue weighted by Gasteiger charge is -2.35. The highest BCUT2D eigenvalue weighted by molar-refractivity contribution is 5.79. The van der Waals surface area contributed by atoms with Crippen LogP contribution in [0.25, 0.3) is 0 Å². The van der Waals surface area contributed by atoms with Crippen LogP contribution in [-0.4, -0.2) is 75.2 Å². The van der Waals surface area contributed by atoms with Crippen molar-refractivity contribution in [1.82, 2.24) is 20.4 Å². The first-order valence-corrected chi connectivity index (χ1v) is 9.08. The molecule has 1 aliphatic heterocycles. The maximum absolute atomic E-state index is 4.30. The van der Waals surface area contributed by atoms with Crippen molar-refractivity contribution in [2.45, 2.75) is 40.0 Å². The van der Waals surface area contributed by atoms with E-state index < -0.39 is 0 Å². The van der Waals surface area contributed by atoms with Crippen LogP contribution in [0.5, 0.6) is 0 Å². The van der Waals surface area contributed by atoms with Crippen molar-refractivity contribution in [3.8, 4) is 0 Å². The Labute approximate surface area is 137 Å². The van der Waals surface area contributed by atoms with Crippen LogP contribution in [0, 0.1) is 5.92 Å². The van der Waals surface area contributed by atoms with Gasteiger partial charge in [-0.2, -0.15) is 0 Å². The van der Waals surface area contributed by atoms with Gasteiger partial charge in [0.15, 0.2) is 5.96 Å². The standard InChI is InChI=1S/C17H37N5/c1-5-7-8-9-19-17(18-4)20-14-16(3)15-22-12-10-21(6-2)11-13-22/h16H,5-15H2,1-4H3,(H2,18,19,20). The maximum Gasteiger partial charge on any atom is 0.190 e. The number of hydrogen-bond donors (Lipinski definition) is 2. The summed E-state index contributed by atoms with van der Waals surface area (Å²) >= 11 is 0. The van der Waals surface area contributed by atoms with E-state index >= 15 is 0 Å². The van der Waals surface area contributed by atoms with Gasteiger partial charge in [-0.3, -0.25) is 4.99 Å². The molecule has 1 aliphatic rings. The lowest BCUT2D eigenvalue weighted by Crippen LogP contribution is -2.48.